The van der Waals surface area contributed by atoms with E-state index in [4.69, 9.17) is 9.47 Å². The first-order chi connectivity index (χ1) is 13.0. The van der Waals surface area contributed by atoms with Crippen molar-refractivity contribution in [2.45, 2.75) is 51.8 Å². The van der Waals surface area contributed by atoms with Gasteiger partial charge in [0, 0.05) is 19.3 Å². The smallest absolute Gasteiger partial charge is 0.408 e. The van der Waals surface area contributed by atoms with Gasteiger partial charge in [0.05, 0.1) is 7.11 Å². The van der Waals surface area contributed by atoms with Crippen molar-refractivity contribution in [1.82, 2.24) is 10.6 Å². The molecule has 0 spiro atoms. The van der Waals surface area contributed by atoms with E-state index in [1.54, 1.807) is 20.8 Å². The second-order valence-electron chi connectivity index (χ2n) is 7.50. The molecule has 2 N–H and O–H groups in total. The number of ether oxygens (including phenoxy) is 2. The van der Waals surface area contributed by atoms with Crippen molar-refractivity contribution in [1.29, 1.82) is 0 Å². The number of benzene rings is 1. The molecule has 0 saturated heterocycles. The Balaban J connectivity index is 2.63. The van der Waals surface area contributed by atoms with E-state index in [9.17, 15) is 14.4 Å². The summed E-state index contributed by atoms with van der Waals surface area (Å²) in [5.74, 6) is -1.04. The van der Waals surface area contributed by atoms with Crippen LogP contribution in [-0.4, -0.2) is 56.4 Å². The van der Waals surface area contributed by atoms with Crippen LogP contribution in [0.4, 0.5) is 10.5 Å². The van der Waals surface area contributed by atoms with Gasteiger partial charge in [-0.05, 0) is 46.2 Å². The van der Waals surface area contributed by atoms with Crippen LogP contribution in [0, 0.1) is 0 Å². The van der Waals surface area contributed by atoms with Crippen LogP contribution in [0.3, 0.4) is 0 Å². The summed E-state index contributed by atoms with van der Waals surface area (Å²) < 4.78 is 9.93. The van der Waals surface area contributed by atoms with Crippen molar-refractivity contribution < 1.29 is 23.9 Å². The van der Waals surface area contributed by atoms with Crippen molar-refractivity contribution in [3.63, 3.8) is 0 Å². The molecule has 28 heavy (non-hydrogen) atoms. The standard InChI is InChI=1S/C20H31N3O5/c1-14(21-19(26)28-20(2,3)4)17(24)22-16(18(25)27-6)12-13-23(5)15-10-8-7-9-11-15/h7-11,14,16H,12-13H2,1-6H3,(H,21,26)(H,22,24)/t14-,16-/m0/s1. The third-order valence-corrected chi connectivity index (χ3v) is 3.88. The normalized spacial score (nSPS) is 13.1. The monoisotopic (exact) mass is 393 g/mol. The lowest BCUT2D eigenvalue weighted by Gasteiger charge is -2.25. The summed E-state index contributed by atoms with van der Waals surface area (Å²) in [6.45, 7) is 7.23. The Hall–Kier alpha value is -2.77. The van der Waals surface area contributed by atoms with Gasteiger partial charge in [-0.2, -0.15) is 0 Å². The number of para-hydroxylation sites is 1. The molecule has 0 fully saturated rings. The van der Waals surface area contributed by atoms with E-state index in [1.165, 1.54) is 14.0 Å². The minimum absolute atomic E-state index is 0.350. The Morgan fingerprint density at radius 1 is 1.11 bits per heavy atom. The summed E-state index contributed by atoms with van der Waals surface area (Å²) in [5, 5.41) is 5.09. The first kappa shape index (κ1) is 23.3. The zero-order valence-electron chi connectivity index (χ0n) is 17.4. The molecule has 1 aromatic rings. The lowest BCUT2D eigenvalue weighted by molar-refractivity contribution is -0.145. The number of anilines is 1. The van der Waals surface area contributed by atoms with E-state index in [0.29, 0.717) is 13.0 Å². The Morgan fingerprint density at radius 2 is 1.71 bits per heavy atom. The van der Waals surface area contributed by atoms with Crippen LogP contribution in [0.15, 0.2) is 30.3 Å². The number of carbonyl (C=O) groups excluding carboxylic acids is 3. The zero-order valence-corrected chi connectivity index (χ0v) is 17.4. The summed E-state index contributed by atoms with van der Waals surface area (Å²) in [7, 11) is 3.17. The minimum Gasteiger partial charge on any atom is -0.467 e. The maximum absolute atomic E-state index is 12.4. The number of nitrogens with zero attached hydrogens (tertiary/aromatic N) is 1. The summed E-state index contributed by atoms with van der Waals surface area (Å²) in [5.41, 5.74) is 0.328. The lowest BCUT2D eigenvalue weighted by Crippen LogP contribution is -2.51. The molecule has 0 aliphatic carbocycles. The van der Waals surface area contributed by atoms with Gasteiger partial charge in [0.25, 0.3) is 0 Å². The number of hydrogen-bond donors (Lipinski definition) is 2. The van der Waals surface area contributed by atoms with E-state index in [1.807, 2.05) is 42.3 Å². The molecule has 2 amide bonds. The van der Waals surface area contributed by atoms with Gasteiger partial charge in [0.15, 0.2) is 0 Å². The SMILES string of the molecule is COC(=O)[C@H](CCN(C)c1ccccc1)NC(=O)[C@H](C)NC(=O)OC(C)(C)C. The number of carbonyl (C=O) groups is 3. The number of methoxy groups -OCH3 is 1. The lowest BCUT2D eigenvalue weighted by atomic mass is 10.1. The zero-order chi connectivity index (χ0) is 21.3. The summed E-state index contributed by atoms with van der Waals surface area (Å²) >= 11 is 0. The van der Waals surface area contributed by atoms with Gasteiger partial charge in [-0.3, -0.25) is 4.79 Å². The molecule has 0 unspecified atom stereocenters. The highest BCUT2D eigenvalue weighted by molar-refractivity contribution is 5.89. The predicted octanol–water partition coefficient (Wildman–Crippen LogP) is 2.08. The molecule has 0 saturated carbocycles. The third kappa shape index (κ3) is 8.28. The van der Waals surface area contributed by atoms with Crippen LogP contribution >= 0.6 is 0 Å². The number of rotatable bonds is 8. The van der Waals surface area contributed by atoms with Gasteiger partial charge >= 0.3 is 12.1 Å². The number of hydrogen-bond acceptors (Lipinski definition) is 6. The Morgan fingerprint density at radius 3 is 2.25 bits per heavy atom. The molecule has 1 rings (SSSR count). The van der Waals surface area contributed by atoms with Crippen molar-refractivity contribution in [2.24, 2.45) is 0 Å². The average molecular weight is 393 g/mol. The first-order valence-electron chi connectivity index (χ1n) is 9.17. The molecule has 8 heteroatoms. The van der Waals surface area contributed by atoms with E-state index in [-0.39, 0.29) is 0 Å². The van der Waals surface area contributed by atoms with Crippen LogP contribution in [-0.2, 0) is 19.1 Å². The number of nitrogens with one attached hydrogen (secondary N) is 2. The molecule has 8 nitrogen and oxygen atoms in total. The van der Waals surface area contributed by atoms with Crippen LogP contribution in [0.2, 0.25) is 0 Å². The van der Waals surface area contributed by atoms with Gasteiger partial charge in [-0.1, -0.05) is 18.2 Å². The van der Waals surface area contributed by atoms with E-state index in [0.717, 1.165) is 5.69 Å². The number of amides is 2. The minimum atomic E-state index is -0.867. The number of esters is 1. The highest BCUT2D eigenvalue weighted by Crippen LogP contribution is 2.12. The molecule has 0 aromatic heterocycles. The van der Waals surface area contributed by atoms with Crippen molar-refractivity contribution in [3.8, 4) is 0 Å². The maximum Gasteiger partial charge on any atom is 0.408 e. The maximum atomic E-state index is 12.4. The fourth-order valence-electron chi connectivity index (χ4n) is 2.37. The summed E-state index contributed by atoms with van der Waals surface area (Å²) in [4.78, 5) is 38.2. The second kappa shape index (κ2) is 10.5. The second-order valence-corrected chi connectivity index (χ2v) is 7.50. The molecule has 0 heterocycles. The van der Waals surface area contributed by atoms with Gasteiger partial charge in [0.2, 0.25) is 5.91 Å². The first-order valence-corrected chi connectivity index (χ1v) is 9.17. The Labute approximate surface area is 166 Å². The summed E-state index contributed by atoms with van der Waals surface area (Å²) in [6, 6.07) is 8.00. The van der Waals surface area contributed by atoms with Crippen molar-refractivity contribution in [3.05, 3.63) is 30.3 Å². The van der Waals surface area contributed by atoms with Crippen LogP contribution in [0.5, 0.6) is 0 Å². The Kier molecular flexibility index (Phi) is 8.76. The van der Waals surface area contributed by atoms with Crippen molar-refractivity contribution in [2.75, 3.05) is 25.6 Å². The molecule has 156 valence electrons. The fourth-order valence-corrected chi connectivity index (χ4v) is 2.37. The topological polar surface area (TPSA) is 97.0 Å². The predicted molar refractivity (Wildman–Crippen MR) is 107 cm³/mol. The molecule has 0 aliphatic rings. The molecule has 2 atom stereocenters. The third-order valence-electron chi connectivity index (χ3n) is 3.88. The molecule has 1 aromatic carbocycles. The van der Waals surface area contributed by atoms with E-state index < -0.39 is 35.7 Å². The quantitative estimate of drug-likeness (QED) is 0.657. The van der Waals surface area contributed by atoms with Crippen LogP contribution in [0.25, 0.3) is 0 Å². The van der Waals surface area contributed by atoms with E-state index >= 15 is 0 Å². The highest BCUT2D eigenvalue weighted by atomic mass is 16.6. The molecule has 0 aliphatic heterocycles. The Bertz CT molecular complexity index is 658. The average Bonchev–Trinajstić information content (AvgIpc) is 2.62. The van der Waals surface area contributed by atoms with Crippen molar-refractivity contribution >= 4 is 23.7 Å². The molecule has 0 bridgehead atoms. The fraction of sp³-hybridized carbons (Fsp3) is 0.550. The van der Waals surface area contributed by atoms with Crippen LogP contribution < -0.4 is 15.5 Å². The highest BCUT2D eigenvalue weighted by Gasteiger charge is 2.26. The number of alkyl carbamates (subject to hydrolysis) is 1. The van der Waals surface area contributed by atoms with E-state index in [2.05, 4.69) is 10.6 Å². The van der Waals surface area contributed by atoms with Gasteiger partial charge in [0.1, 0.15) is 17.7 Å². The van der Waals surface area contributed by atoms with Crippen LogP contribution in [0.1, 0.15) is 34.1 Å². The summed E-state index contributed by atoms with van der Waals surface area (Å²) in [6.07, 6.45) is -0.350. The largest absolute Gasteiger partial charge is 0.467 e. The molecular formula is C20H31N3O5. The van der Waals surface area contributed by atoms with Gasteiger partial charge < -0.3 is 25.0 Å². The molecule has 0 radical (unpaired) electrons. The van der Waals surface area contributed by atoms with Gasteiger partial charge in [-0.15, -0.1) is 0 Å². The molecular weight excluding hydrogens is 362 g/mol. The van der Waals surface area contributed by atoms with Gasteiger partial charge in [-0.25, -0.2) is 9.59 Å².